The van der Waals surface area contributed by atoms with Crippen molar-refractivity contribution in [3.05, 3.63) is 59.7 Å². The maximum atomic E-state index is 12.8. The number of nitrogens with zero attached hydrogens (tertiary/aromatic N) is 2. The number of amidine groups is 1. The Bertz CT molecular complexity index is 923. The maximum absolute atomic E-state index is 12.8. The van der Waals surface area contributed by atoms with Crippen LogP contribution in [0.2, 0.25) is 0 Å². The molecule has 144 valence electrons. The molecule has 0 aliphatic carbocycles. The fourth-order valence-corrected chi connectivity index (χ4v) is 4.89. The van der Waals surface area contributed by atoms with Gasteiger partial charge in [-0.3, -0.25) is 0 Å². The third kappa shape index (κ3) is 5.32. The van der Waals surface area contributed by atoms with Crippen molar-refractivity contribution in [2.75, 3.05) is 26.3 Å². The molecule has 0 saturated carbocycles. The maximum Gasteiger partial charge on any atom is 0.243 e. The summed E-state index contributed by atoms with van der Waals surface area (Å²) in [5.41, 5.74) is 8.83. The van der Waals surface area contributed by atoms with Crippen molar-refractivity contribution in [2.24, 2.45) is 10.7 Å². The fraction of sp³-hybridized carbons (Fsp3) is 0.316. The summed E-state index contributed by atoms with van der Waals surface area (Å²) in [7, 11) is -3.49. The van der Waals surface area contributed by atoms with Crippen LogP contribution in [-0.4, -0.2) is 44.2 Å². The van der Waals surface area contributed by atoms with Crippen LogP contribution in [0.5, 0.6) is 0 Å². The summed E-state index contributed by atoms with van der Waals surface area (Å²) >= 11 is 1.38. The molecule has 0 unspecified atom stereocenters. The van der Waals surface area contributed by atoms with Crippen LogP contribution in [0.15, 0.2) is 58.4 Å². The summed E-state index contributed by atoms with van der Waals surface area (Å²) < 4.78 is 32.2. The molecule has 0 bridgehead atoms. The smallest absolute Gasteiger partial charge is 0.243 e. The lowest BCUT2D eigenvalue weighted by molar-refractivity contribution is 0.0730. The molecule has 0 atom stereocenters. The van der Waals surface area contributed by atoms with E-state index in [-0.39, 0.29) is 0 Å². The minimum atomic E-state index is -3.49. The largest absolute Gasteiger partial charge is 0.379 e. The molecule has 3 rings (SSSR count). The van der Waals surface area contributed by atoms with Gasteiger partial charge in [0.2, 0.25) is 10.0 Å². The number of hydrogen-bond acceptors (Lipinski definition) is 5. The van der Waals surface area contributed by atoms with E-state index < -0.39 is 10.0 Å². The van der Waals surface area contributed by atoms with Crippen molar-refractivity contribution in [2.45, 2.75) is 17.6 Å². The standard InChI is InChI=1S/C19H23N3O3S2/c1-15-4-2-6-17(12-15)21-19(20)26-14-16-5-3-7-18(13-16)27(23,24)22-8-10-25-11-9-22/h2-7,12-13H,8-11,14H2,1H3,(H2,20,21). The monoisotopic (exact) mass is 405 g/mol. The van der Waals surface area contributed by atoms with E-state index in [1.807, 2.05) is 37.3 Å². The zero-order valence-electron chi connectivity index (χ0n) is 15.2. The van der Waals surface area contributed by atoms with Gasteiger partial charge in [0.1, 0.15) is 0 Å². The van der Waals surface area contributed by atoms with Crippen LogP contribution in [0, 0.1) is 6.92 Å². The molecule has 1 aliphatic rings. The number of ether oxygens (including phenoxy) is 1. The minimum Gasteiger partial charge on any atom is -0.379 e. The number of aryl methyl sites for hydroxylation is 1. The number of morpholine rings is 1. The number of nitrogens with two attached hydrogens (primary N) is 1. The molecule has 1 fully saturated rings. The third-order valence-electron chi connectivity index (χ3n) is 4.13. The summed E-state index contributed by atoms with van der Waals surface area (Å²) in [6.07, 6.45) is 0. The van der Waals surface area contributed by atoms with Gasteiger partial charge in [0.15, 0.2) is 5.17 Å². The molecular formula is C19H23N3O3S2. The molecule has 1 saturated heterocycles. The first-order chi connectivity index (χ1) is 12.9. The summed E-state index contributed by atoms with van der Waals surface area (Å²) in [4.78, 5) is 4.70. The van der Waals surface area contributed by atoms with E-state index >= 15 is 0 Å². The zero-order valence-corrected chi connectivity index (χ0v) is 16.8. The molecule has 0 amide bonds. The topological polar surface area (TPSA) is 85.0 Å². The Morgan fingerprint density at radius 3 is 2.67 bits per heavy atom. The predicted octanol–water partition coefficient (Wildman–Crippen LogP) is 2.90. The van der Waals surface area contributed by atoms with Crippen LogP contribution in [0.4, 0.5) is 5.69 Å². The Morgan fingerprint density at radius 1 is 1.19 bits per heavy atom. The van der Waals surface area contributed by atoms with Gasteiger partial charge in [-0.05, 0) is 42.3 Å². The SMILES string of the molecule is Cc1cccc(N=C(N)SCc2cccc(S(=O)(=O)N3CCOCC3)c2)c1. The Kier molecular flexibility index (Phi) is 6.54. The first-order valence-corrected chi connectivity index (χ1v) is 11.1. The van der Waals surface area contributed by atoms with Crippen LogP contribution in [-0.2, 0) is 20.5 Å². The first kappa shape index (κ1) is 19.9. The Balaban J connectivity index is 1.68. The first-order valence-electron chi connectivity index (χ1n) is 8.65. The molecule has 2 aromatic carbocycles. The second-order valence-electron chi connectivity index (χ2n) is 6.24. The average Bonchev–Trinajstić information content (AvgIpc) is 2.67. The van der Waals surface area contributed by atoms with Crippen LogP contribution in [0.1, 0.15) is 11.1 Å². The molecule has 8 heteroatoms. The van der Waals surface area contributed by atoms with E-state index in [0.29, 0.717) is 42.1 Å². The number of hydrogen-bond donors (Lipinski definition) is 1. The molecule has 2 aromatic rings. The lowest BCUT2D eigenvalue weighted by Gasteiger charge is -2.26. The van der Waals surface area contributed by atoms with Crippen LogP contribution < -0.4 is 5.73 Å². The van der Waals surface area contributed by atoms with Gasteiger partial charge in [-0.2, -0.15) is 4.31 Å². The molecule has 27 heavy (non-hydrogen) atoms. The summed E-state index contributed by atoms with van der Waals surface area (Å²) in [5, 5.41) is 0.446. The van der Waals surface area contributed by atoms with E-state index in [0.717, 1.165) is 16.8 Å². The lowest BCUT2D eigenvalue weighted by atomic mass is 10.2. The summed E-state index contributed by atoms with van der Waals surface area (Å²) in [6.45, 7) is 3.64. The highest BCUT2D eigenvalue weighted by Gasteiger charge is 2.26. The van der Waals surface area contributed by atoms with Gasteiger partial charge in [0, 0.05) is 18.8 Å². The van der Waals surface area contributed by atoms with Gasteiger partial charge in [-0.15, -0.1) is 0 Å². The van der Waals surface area contributed by atoms with Crippen LogP contribution >= 0.6 is 11.8 Å². The quantitative estimate of drug-likeness (QED) is 0.611. The highest BCUT2D eigenvalue weighted by molar-refractivity contribution is 8.13. The molecule has 2 N–H and O–H groups in total. The Labute approximate surface area is 164 Å². The van der Waals surface area contributed by atoms with Gasteiger partial charge < -0.3 is 10.5 Å². The van der Waals surface area contributed by atoms with Crippen molar-refractivity contribution >= 4 is 32.6 Å². The van der Waals surface area contributed by atoms with Crippen molar-refractivity contribution < 1.29 is 13.2 Å². The number of sulfonamides is 1. The van der Waals surface area contributed by atoms with Crippen molar-refractivity contribution in [3.8, 4) is 0 Å². The number of aliphatic imine (C=N–C) groups is 1. The number of thioether (sulfide) groups is 1. The van der Waals surface area contributed by atoms with E-state index in [1.54, 1.807) is 18.2 Å². The van der Waals surface area contributed by atoms with Gasteiger partial charge in [0.25, 0.3) is 0 Å². The molecule has 0 aromatic heterocycles. The van der Waals surface area contributed by atoms with Crippen LogP contribution in [0.25, 0.3) is 0 Å². The van der Waals surface area contributed by atoms with E-state index in [1.165, 1.54) is 16.1 Å². The molecule has 1 aliphatic heterocycles. The van der Waals surface area contributed by atoms with Crippen molar-refractivity contribution in [3.63, 3.8) is 0 Å². The second kappa shape index (κ2) is 8.88. The normalized spacial score (nSPS) is 16.4. The zero-order chi connectivity index (χ0) is 19.3. The number of benzene rings is 2. The van der Waals surface area contributed by atoms with Crippen molar-refractivity contribution in [1.29, 1.82) is 0 Å². The lowest BCUT2D eigenvalue weighted by Crippen LogP contribution is -2.40. The highest BCUT2D eigenvalue weighted by atomic mass is 32.2. The van der Waals surface area contributed by atoms with Gasteiger partial charge >= 0.3 is 0 Å². The van der Waals surface area contributed by atoms with Gasteiger partial charge in [0.05, 0.1) is 23.8 Å². The molecule has 0 spiro atoms. The fourth-order valence-electron chi connectivity index (χ4n) is 2.75. The van der Waals surface area contributed by atoms with Crippen molar-refractivity contribution in [1.82, 2.24) is 4.31 Å². The Morgan fingerprint density at radius 2 is 1.93 bits per heavy atom. The number of rotatable bonds is 5. The Hall–Kier alpha value is -1.87. The van der Waals surface area contributed by atoms with E-state index in [2.05, 4.69) is 4.99 Å². The molecule has 1 heterocycles. The van der Waals surface area contributed by atoms with Gasteiger partial charge in [-0.1, -0.05) is 36.0 Å². The van der Waals surface area contributed by atoms with Gasteiger partial charge in [-0.25, -0.2) is 13.4 Å². The predicted molar refractivity (Wildman–Crippen MR) is 110 cm³/mol. The average molecular weight is 406 g/mol. The minimum absolute atomic E-state index is 0.302. The third-order valence-corrected chi connectivity index (χ3v) is 6.89. The molecular weight excluding hydrogens is 382 g/mol. The van der Waals surface area contributed by atoms with Crippen LogP contribution in [0.3, 0.4) is 0 Å². The summed E-state index contributed by atoms with van der Waals surface area (Å²) in [6, 6.07) is 14.8. The molecule has 6 nitrogen and oxygen atoms in total. The van der Waals surface area contributed by atoms with E-state index in [4.69, 9.17) is 10.5 Å². The second-order valence-corrected chi connectivity index (χ2v) is 9.18. The molecule has 0 radical (unpaired) electrons. The summed E-state index contributed by atoms with van der Waals surface area (Å²) in [5.74, 6) is 0.549. The van der Waals surface area contributed by atoms with E-state index in [9.17, 15) is 8.42 Å². The highest BCUT2D eigenvalue weighted by Crippen LogP contribution is 2.22.